The molecule has 0 amide bonds. The third kappa shape index (κ3) is 1.94. The fourth-order valence-corrected chi connectivity index (χ4v) is 6.06. The lowest BCUT2D eigenvalue weighted by molar-refractivity contribution is 0.289. The van der Waals surface area contributed by atoms with Gasteiger partial charge in [0.1, 0.15) is 6.17 Å². The van der Waals surface area contributed by atoms with Crippen LogP contribution in [0, 0.1) is 5.41 Å². The van der Waals surface area contributed by atoms with E-state index in [2.05, 4.69) is 77.8 Å². The van der Waals surface area contributed by atoms with Crippen molar-refractivity contribution in [1.29, 1.82) is 0 Å². The van der Waals surface area contributed by atoms with Crippen LogP contribution in [0.5, 0.6) is 0 Å². The first-order chi connectivity index (χ1) is 14.2. The maximum Gasteiger partial charge on any atom is 0.208 e. The molecule has 0 radical (unpaired) electrons. The van der Waals surface area contributed by atoms with Crippen LogP contribution in [0.15, 0.2) is 65.7 Å². The van der Waals surface area contributed by atoms with Crippen molar-refractivity contribution in [3.63, 3.8) is 0 Å². The van der Waals surface area contributed by atoms with Gasteiger partial charge in [0, 0.05) is 33.7 Å². The van der Waals surface area contributed by atoms with E-state index < -0.39 is 0 Å². The van der Waals surface area contributed by atoms with Gasteiger partial charge in [-0.05, 0) is 24.0 Å². The first-order valence-corrected chi connectivity index (χ1v) is 11.1. The van der Waals surface area contributed by atoms with Gasteiger partial charge < -0.3 is 0 Å². The lowest BCUT2D eigenvalue weighted by Crippen LogP contribution is -2.57. The van der Waals surface area contributed by atoms with Gasteiger partial charge in [0.25, 0.3) is 0 Å². The molecule has 0 spiro atoms. The number of hydrogen-bond donors (Lipinski definition) is 0. The largest absolute Gasteiger partial charge is 0.299 e. The number of aromatic nitrogens is 1. The van der Waals surface area contributed by atoms with E-state index in [-0.39, 0.29) is 11.6 Å². The van der Waals surface area contributed by atoms with E-state index in [1.165, 1.54) is 33.5 Å². The number of benzene rings is 2. The number of anilines is 2. The normalized spacial score (nSPS) is 20.4. The third-order valence-corrected chi connectivity index (χ3v) is 7.70. The summed E-state index contributed by atoms with van der Waals surface area (Å²) in [5, 5.41) is 10.3. The Balaban J connectivity index is 1.73. The van der Waals surface area contributed by atoms with E-state index in [1.807, 2.05) is 11.6 Å². The van der Waals surface area contributed by atoms with Crippen LogP contribution in [-0.2, 0) is 0 Å². The van der Waals surface area contributed by atoms with Crippen LogP contribution in [0.2, 0.25) is 0 Å². The molecule has 4 heterocycles. The number of hydrogen-bond acceptors (Lipinski definition) is 5. The Kier molecular flexibility index (Phi) is 3.40. The average molecular weight is 399 g/mol. The van der Waals surface area contributed by atoms with Crippen molar-refractivity contribution < 1.29 is 0 Å². The van der Waals surface area contributed by atoms with Crippen LogP contribution in [-0.4, -0.2) is 17.0 Å². The molecule has 5 heteroatoms. The number of thiazole rings is 1. The molecule has 1 atom stereocenters. The van der Waals surface area contributed by atoms with Gasteiger partial charge in [-0.3, -0.25) is 4.90 Å². The van der Waals surface area contributed by atoms with Crippen molar-refractivity contribution in [1.82, 2.24) is 4.98 Å². The molecule has 0 saturated carbocycles. The van der Waals surface area contributed by atoms with Crippen molar-refractivity contribution in [3.8, 4) is 11.1 Å². The average Bonchev–Trinajstić information content (AvgIpc) is 3.43. The molecule has 29 heavy (non-hydrogen) atoms. The Morgan fingerprint density at radius 2 is 1.72 bits per heavy atom. The number of para-hydroxylation sites is 1. The van der Waals surface area contributed by atoms with E-state index in [4.69, 9.17) is 5.10 Å². The predicted octanol–water partition coefficient (Wildman–Crippen LogP) is 5.97. The molecule has 0 fully saturated rings. The lowest BCUT2D eigenvalue weighted by atomic mass is 9.66. The quantitative estimate of drug-likeness (QED) is 0.545. The van der Waals surface area contributed by atoms with Crippen LogP contribution >= 0.6 is 11.3 Å². The molecule has 3 aromatic rings. The summed E-state index contributed by atoms with van der Waals surface area (Å²) in [6.45, 7) is 9.21. The van der Waals surface area contributed by atoms with Gasteiger partial charge in [0.15, 0.2) is 5.84 Å². The zero-order chi connectivity index (χ0) is 19.8. The van der Waals surface area contributed by atoms with Crippen LogP contribution in [0.1, 0.15) is 37.8 Å². The molecule has 0 aliphatic carbocycles. The molecule has 0 bridgehead atoms. The zero-order valence-electron chi connectivity index (χ0n) is 16.6. The molecule has 0 saturated heterocycles. The van der Waals surface area contributed by atoms with Gasteiger partial charge in [-0.25, -0.2) is 9.99 Å². The number of amidine groups is 1. The molecule has 3 aliphatic rings. The van der Waals surface area contributed by atoms with Gasteiger partial charge >= 0.3 is 0 Å². The Labute approximate surface area is 174 Å². The fraction of sp³-hybridized carbons (Fsp3) is 0.250. The molecular weight excluding hydrogens is 376 g/mol. The highest BCUT2D eigenvalue weighted by atomic mass is 32.1. The van der Waals surface area contributed by atoms with Gasteiger partial charge in [0.05, 0.1) is 5.69 Å². The summed E-state index contributed by atoms with van der Waals surface area (Å²) in [5.41, 5.74) is 7.32. The van der Waals surface area contributed by atoms with Crippen LogP contribution in [0.25, 0.3) is 16.7 Å². The molecule has 0 N–H and O–H groups in total. The van der Waals surface area contributed by atoms with Gasteiger partial charge in [-0.1, -0.05) is 62.9 Å². The van der Waals surface area contributed by atoms with Gasteiger partial charge in [-0.15, -0.1) is 16.4 Å². The lowest BCUT2D eigenvalue weighted by Gasteiger charge is -2.52. The summed E-state index contributed by atoms with van der Waals surface area (Å²) in [4.78, 5) is 7.10. The molecule has 2 aromatic carbocycles. The topological polar surface area (TPSA) is 31.7 Å². The SMILES string of the molecule is C=C1c2cccc3c2N2C(=NN(c4nccs4)C2C1(CC)CC)c1ccccc1-3. The van der Waals surface area contributed by atoms with Gasteiger partial charge in [0.2, 0.25) is 5.13 Å². The smallest absolute Gasteiger partial charge is 0.208 e. The van der Waals surface area contributed by atoms with E-state index in [0.717, 1.165) is 23.8 Å². The highest BCUT2D eigenvalue weighted by Gasteiger charge is 2.56. The first kappa shape index (κ1) is 17.0. The standard InChI is InChI=1S/C24H22N4S/c1-4-24(5-2)15(3)16-11-8-12-18-17-9-6-7-10-19(17)21-26-28(23-25-13-14-29-23)22(24)27(21)20(16)18/h6-14,22H,3-5H2,1-2H3. The highest BCUT2D eigenvalue weighted by Crippen LogP contribution is 2.59. The van der Waals surface area contributed by atoms with E-state index in [9.17, 15) is 0 Å². The first-order valence-electron chi connectivity index (χ1n) is 10.2. The Bertz CT molecular complexity index is 1170. The van der Waals surface area contributed by atoms with Crippen LogP contribution in [0.4, 0.5) is 10.8 Å². The summed E-state index contributed by atoms with van der Waals surface area (Å²) < 4.78 is 0. The van der Waals surface area contributed by atoms with E-state index in [0.29, 0.717) is 0 Å². The molecule has 4 nitrogen and oxygen atoms in total. The minimum absolute atomic E-state index is 0.0492. The molecule has 1 aromatic heterocycles. The number of fused-ring (bicyclic) bond motifs is 3. The van der Waals surface area contributed by atoms with Crippen molar-refractivity contribution in [2.75, 3.05) is 9.91 Å². The molecular formula is C24H22N4S. The monoisotopic (exact) mass is 398 g/mol. The maximum absolute atomic E-state index is 5.19. The number of hydrazone groups is 1. The predicted molar refractivity (Wildman–Crippen MR) is 121 cm³/mol. The maximum atomic E-state index is 5.19. The van der Waals surface area contributed by atoms with Crippen LogP contribution in [0.3, 0.4) is 0 Å². The fourth-order valence-electron chi connectivity index (χ4n) is 5.44. The van der Waals surface area contributed by atoms with Gasteiger partial charge in [-0.2, -0.15) is 0 Å². The second-order valence-electron chi connectivity index (χ2n) is 7.92. The summed E-state index contributed by atoms with van der Waals surface area (Å²) >= 11 is 1.64. The van der Waals surface area contributed by atoms with Crippen molar-refractivity contribution >= 4 is 33.6 Å². The summed E-state index contributed by atoms with van der Waals surface area (Å²) in [5.74, 6) is 1.03. The van der Waals surface area contributed by atoms with Crippen LogP contribution < -0.4 is 9.91 Å². The minimum Gasteiger partial charge on any atom is -0.299 e. The molecule has 3 aliphatic heterocycles. The van der Waals surface area contributed by atoms with Crippen molar-refractivity contribution in [2.24, 2.45) is 10.5 Å². The Morgan fingerprint density at radius 1 is 1.00 bits per heavy atom. The molecule has 144 valence electrons. The van der Waals surface area contributed by atoms with Crippen molar-refractivity contribution in [3.05, 3.63) is 71.7 Å². The second-order valence-corrected chi connectivity index (χ2v) is 8.79. The third-order valence-electron chi connectivity index (χ3n) is 6.94. The molecule has 1 unspecified atom stereocenters. The summed E-state index contributed by atoms with van der Waals surface area (Å²) in [7, 11) is 0. The molecule has 6 rings (SSSR count). The number of rotatable bonds is 3. The second kappa shape index (κ2) is 5.80. The summed E-state index contributed by atoms with van der Waals surface area (Å²) in [6.07, 6.45) is 3.91. The van der Waals surface area contributed by atoms with Crippen molar-refractivity contribution in [2.45, 2.75) is 32.9 Å². The summed E-state index contributed by atoms with van der Waals surface area (Å²) in [6, 6.07) is 15.2. The Morgan fingerprint density at radius 3 is 2.45 bits per heavy atom. The number of nitrogens with zero attached hydrogens (tertiary/aromatic N) is 4. The van der Waals surface area contributed by atoms with E-state index in [1.54, 1.807) is 11.3 Å². The highest BCUT2D eigenvalue weighted by molar-refractivity contribution is 7.13. The zero-order valence-corrected chi connectivity index (χ0v) is 17.4. The van der Waals surface area contributed by atoms with E-state index >= 15 is 0 Å². The minimum atomic E-state index is -0.102. The Hall–Kier alpha value is -2.92.